The molecule has 0 aliphatic rings. The van der Waals surface area contributed by atoms with E-state index in [0.717, 1.165) is 0 Å². The molecule has 0 amide bonds. The molecule has 0 spiro atoms. The number of nitrogens with zero attached hydrogens (tertiary/aromatic N) is 1. The van der Waals surface area contributed by atoms with Crippen LogP contribution in [0.15, 0.2) is 65.8 Å². The molecule has 112 valence electrons. The van der Waals surface area contributed by atoms with Crippen molar-refractivity contribution in [2.24, 2.45) is 5.14 Å². The van der Waals surface area contributed by atoms with Gasteiger partial charge in [0.1, 0.15) is 11.5 Å². The Morgan fingerprint density at radius 1 is 1.05 bits per heavy atom. The summed E-state index contributed by atoms with van der Waals surface area (Å²) < 4.78 is 29.5. The highest BCUT2D eigenvalue weighted by Gasteiger charge is 2.20. The van der Waals surface area contributed by atoms with Crippen molar-refractivity contribution in [2.45, 2.75) is 4.90 Å². The van der Waals surface area contributed by atoms with E-state index in [2.05, 4.69) is 10.2 Å². The zero-order valence-electron chi connectivity index (χ0n) is 11.4. The number of hydrogen-bond donors (Lipinski definition) is 2. The molecule has 7 heteroatoms. The number of hydrogen-bond acceptors (Lipinski definition) is 4. The van der Waals surface area contributed by atoms with Crippen LogP contribution in [0.25, 0.3) is 11.1 Å². The van der Waals surface area contributed by atoms with E-state index in [-0.39, 0.29) is 4.90 Å². The summed E-state index contributed by atoms with van der Waals surface area (Å²) in [6, 6.07) is 13.8. The Morgan fingerprint density at radius 2 is 1.82 bits per heavy atom. The highest BCUT2D eigenvalue weighted by molar-refractivity contribution is 7.89. The maximum Gasteiger partial charge on any atom is 0.238 e. The highest BCUT2D eigenvalue weighted by atomic mass is 32.2. The average Bonchev–Trinajstić information content (AvgIpc) is 3.01. The SMILES string of the molecule is NS(=O)(=O)c1cccc(Oc2ccccc2)c1-c1cn[nH]c1. The number of primary sulfonamides is 1. The van der Waals surface area contributed by atoms with Gasteiger partial charge in [0.25, 0.3) is 0 Å². The fraction of sp³-hybridized carbons (Fsp3) is 0. The lowest BCUT2D eigenvalue weighted by Crippen LogP contribution is -2.13. The summed E-state index contributed by atoms with van der Waals surface area (Å²) in [5.74, 6) is 0.984. The third kappa shape index (κ3) is 2.85. The monoisotopic (exact) mass is 315 g/mol. The van der Waals surface area contributed by atoms with Gasteiger partial charge in [0.15, 0.2) is 0 Å². The number of para-hydroxylation sites is 1. The van der Waals surface area contributed by atoms with Gasteiger partial charge in [-0.2, -0.15) is 5.10 Å². The molecular formula is C15H13N3O3S. The number of benzene rings is 2. The molecule has 1 aromatic heterocycles. The van der Waals surface area contributed by atoms with Crippen LogP contribution < -0.4 is 9.88 Å². The number of sulfonamides is 1. The Bertz CT molecular complexity index is 876. The van der Waals surface area contributed by atoms with Gasteiger partial charge in [-0.3, -0.25) is 5.10 Å². The topological polar surface area (TPSA) is 98.1 Å². The molecule has 0 radical (unpaired) electrons. The lowest BCUT2D eigenvalue weighted by Gasteiger charge is -2.13. The number of aromatic nitrogens is 2. The molecule has 1 heterocycles. The van der Waals surface area contributed by atoms with Gasteiger partial charge in [0.05, 0.1) is 11.1 Å². The zero-order valence-corrected chi connectivity index (χ0v) is 12.2. The van der Waals surface area contributed by atoms with Crippen LogP contribution >= 0.6 is 0 Å². The summed E-state index contributed by atoms with van der Waals surface area (Å²) in [6.45, 7) is 0. The number of nitrogens with one attached hydrogen (secondary N) is 1. The Labute approximate surface area is 127 Å². The van der Waals surface area contributed by atoms with E-state index in [1.165, 1.54) is 12.3 Å². The van der Waals surface area contributed by atoms with E-state index >= 15 is 0 Å². The van der Waals surface area contributed by atoms with Gasteiger partial charge in [-0.05, 0) is 24.3 Å². The van der Waals surface area contributed by atoms with E-state index in [1.54, 1.807) is 30.5 Å². The van der Waals surface area contributed by atoms with Crippen LogP contribution in [0.2, 0.25) is 0 Å². The van der Waals surface area contributed by atoms with Crippen LogP contribution in [0.5, 0.6) is 11.5 Å². The molecule has 3 rings (SSSR count). The van der Waals surface area contributed by atoms with Gasteiger partial charge in [-0.1, -0.05) is 24.3 Å². The third-order valence-electron chi connectivity index (χ3n) is 3.05. The second-order valence-corrected chi connectivity index (χ2v) is 6.11. The van der Waals surface area contributed by atoms with E-state index < -0.39 is 10.0 Å². The molecule has 0 aliphatic carbocycles. The van der Waals surface area contributed by atoms with E-state index in [0.29, 0.717) is 22.6 Å². The second kappa shape index (κ2) is 5.63. The van der Waals surface area contributed by atoms with Crippen molar-refractivity contribution in [2.75, 3.05) is 0 Å². The molecule has 3 aromatic rings. The van der Waals surface area contributed by atoms with Gasteiger partial charge in [0.2, 0.25) is 10.0 Å². The lowest BCUT2D eigenvalue weighted by molar-refractivity contribution is 0.483. The minimum Gasteiger partial charge on any atom is -0.457 e. The average molecular weight is 315 g/mol. The van der Waals surface area contributed by atoms with Gasteiger partial charge in [-0.25, -0.2) is 13.6 Å². The third-order valence-corrected chi connectivity index (χ3v) is 4.01. The first-order valence-corrected chi connectivity index (χ1v) is 7.98. The molecule has 3 N–H and O–H groups in total. The number of nitrogens with two attached hydrogens (primary N) is 1. The molecule has 0 aliphatic heterocycles. The molecule has 0 fully saturated rings. The van der Waals surface area contributed by atoms with Crippen molar-refractivity contribution < 1.29 is 13.2 Å². The Morgan fingerprint density at radius 3 is 2.45 bits per heavy atom. The molecule has 0 saturated heterocycles. The van der Waals surface area contributed by atoms with Crippen LogP contribution in [0.4, 0.5) is 0 Å². The smallest absolute Gasteiger partial charge is 0.238 e. The Balaban J connectivity index is 2.18. The van der Waals surface area contributed by atoms with Crippen molar-refractivity contribution in [1.29, 1.82) is 0 Å². The number of H-pyrrole nitrogens is 1. The molecule has 0 bridgehead atoms. The quantitative estimate of drug-likeness (QED) is 0.773. The fourth-order valence-corrected chi connectivity index (χ4v) is 2.89. The second-order valence-electron chi connectivity index (χ2n) is 4.58. The summed E-state index contributed by atoms with van der Waals surface area (Å²) in [6.07, 6.45) is 3.10. The molecule has 0 unspecified atom stereocenters. The normalized spacial score (nSPS) is 11.3. The predicted molar refractivity (Wildman–Crippen MR) is 81.9 cm³/mol. The van der Waals surface area contributed by atoms with E-state index in [4.69, 9.17) is 9.88 Å². The summed E-state index contributed by atoms with van der Waals surface area (Å²) in [5, 5.41) is 11.8. The number of ether oxygens (including phenoxy) is 1. The summed E-state index contributed by atoms with van der Waals surface area (Å²) in [4.78, 5) is -0.0117. The van der Waals surface area contributed by atoms with Crippen molar-refractivity contribution in [1.82, 2.24) is 10.2 Å². The van der Waals surface area contributed by atoms with Crippen LogP contribution in [0.3, 0.4) is 0 Å². The molecule has 6 nitrogen and oxygen atoms in total. The van der Waals surface area contributed by atoms with Crippen molar-refractivity contribution in [3.63, 3.8) is 0 Å². The van der Waals surface area contributed by atoms with Crippen molar-refractivity contribution in [3.8, 4) is 22.6 Å². The van der Waals surface area contributed by atoms with Crippen LogP contribution in [-0.4, -0.2) is 18.6 Å². The lowest BCUT2D eigenvalue weighted by atomic mass is 10.1. The highest BCUT2D eigenvalue weighted by Crippen LogP contribution is 2.37. The molecule has 2 aromatic carbocycles. The Kier molecular flexibility index (Phi) is 3.66. The zero-order chi connectivity index (χ0) is 15.6. The minimum absolute atomic E-state index is 0.0117. The maximum atomic E-state index is 11.8. The van der Waals surface area contributed by atoms with E-state index in [1.807, 2.05) is 18.2 Å². The summed E-state index contributed by atoms with van der Waals surface area (Å²) in [7, 11) is -3.90. The first-order chi connectivity index (χ1) is 10.6. The number of rotatable bonds is 4. The molecule has 0 saturated carbocycles. The fourth-order valence-electron chi connectivity index (χ4n) is 2.12. The number of aromatic amines is 1. The van der Waals surface area contributed by atoms with Crippen LogP contribution in [0.1, 0.15) is 0 Å². The first kappa shape index (κ1) is 14.3. The van der Waals surface area contributed by atoms with Crippen molar-refractivity contribution >= 4 is 10.0 Å². The predicted octanol–water partition coefficient (Wildman–Crippen LogP) is 2.52. The largest absolute Gasteiger partial charge is 0.457 e. The Hall–Kier alpha value is -2.64. The summed E-state index contributed by atoms with van der Waals surface area (Å²) in [5.41, 5.74) is 0.957. The van der Waals surface area contributed by atoms with Gasteiger partial charge >= 0.3 is 0 Å². The maximum absolute atomic E-state index is 11.8. The summed E-state index contributed by atoms with van der Waals surface area (Å²) >= 11 is 0. The van der Waals surface area contributed by atoms with Gasteiger partial charge in [0, 0.05) is 17.3 Å². The minimum atomic E-state index is -3.90. The van der Waals surface area contributed by atoms with Gasteiger partial charge < -0.3 is 4.74 Å². The van der Waals surface area contributed by atoms with Crippen LogP contribution in [-0.2, 0) is 10.0 Å². The van der Waals surface area contributed by atoms with Gasteiger partial charge in [-0.15, -0.1) is 0 Å². The van der Waals surface area contributed by atoms with Crippen LogP contribution in [0, 0.1) is 0 Å². The van der Waals surface area contributed by atoms with Crippen molar-refractivity contribution in [3.05, 3.63) is 60.9 Å². The molecule has 0 atom stereocenters. The standard InChI is InChI=1S/C15H13N3O3S/c16-22(19,20)14-8-4-7-13(15(14)11-9-17-18-10-11)21-12-5-2-1-3-6-12/h1-10H,(H,17,18)(H2,16,19,20). The first-order valence-electron chi connectivity index (χ1n) is 6.43. The van der Waals surface area contributed by atoms with E-state index in [9.17, 15) is 8.42 Å². The molecular weight excluding hydrogens is 302 g/mol. The molecule has 22 heavy (non-hydrogen) atoms.